The van der Waals surface area contributed by atoms with Crippen molar-refractivity contribution in [2.45, 2.75) is 23.8 Å². The molecule has 1 unspecified atom stereocenters. The van der Waals surface area contributed by atoms with Crippen LogP contribution in [0, 0.1) is 5.82 Å². The van der Waals surface area contributed by atoms with Crippen LogP contribution in [0.5, 0.6) is 0 Å². The third-order valence-corrected chi connectivity index (χ3v) is 7.42. The summed E-state index contributed by atoms with van der Waals surface area (Å²) < 4.78 is 42.3. The highest BCUT2D eigenvalue weighted by Crippen LogP contribution is 2.29. The Kier molecular flexibility index (Phi) is 5.42. The summed E-state index contributed by atoms with van der Waals surface area (Å²) in [5.74, 6) is -1.12. The van der Waals surface area contributed by atoms with Crippen molar-refractivity contribution in [2.24, 2.45) is 0 Å². The predicted molar refractivity (Wildman–Crippen MR) is 114 cm³/mol. The molecule has 1 saturated heterocycles. The van der Waals surface area contributed by atoms with Crippen molar-refractivity contribution in [2.75, 3.05) is 11.9 Å². The molecular weight excluding hydrogens is 459 g/mol. The largest absolute Gasteiger partial charge is 0.322 e. The van der Waals surface area contributed by atoms with E-state index >= 15 is 0 Å². The standard InChI is InChI=1S/C21H18BrFN2O3S/c22-16-8-10-19(18(23)13-16)24-21(26)20-6-3-11-25(20)29(27,28)17-9-7-14-4-1-2-5-15(14)12-17/h1-2,4-5,7-10,12-13,20H,3,6,11H2,(H,24,26). The van der Waals surface area contributed by atoms with Gasteiger partial charge in [0.25, 0.3) is 0 Å². The van der Waals surface area contributed by atoms with Crippen LogP contribution in [-0.4, -0.2) is 31.2 Å². The smallest absolute Gasteiger partial charge is 0.243 e. The zero-order chi connectivity index (χ0) is 20.6. The second kappa shape index (κ2) is 7.85. The minimum atomic E-state index is -3.86. The molecule has 0 aliphatic carbocycles. The van der Waals surface area contributed by atoms with Crippen molar-refractivity contribution in [3.63, 3.8) is 0 Å². The lowest BCUT2D eigenvalue weighted by Crippen LogP contribution is -2.43. The summed E-state index contributed by atoms with van der Waals surface area (Å²) in [6.07, 6.45) is 0.949. The zero-order valence-corrected chi connectivity index (χ0v) is 17.7. The van der Waals surface area contributed by atoms with Gasteiger partial charge in [0.1, 0.15) is 11.9 Å². The first-order valence-electron chi connectivity index (χ1n) is 9.13. The number of nitrogens with one attached hydrogen (secondary N) is 1. The van der Waals surface area contributed by atoms with Crippen LogP contribution in [0.25, 0.3) is 10.8 Å². The number of nitrogens with zero attached hydrogens (tertiary/aromatic N) is 1. The molecule has 3 aromatic rings. The van der Waals surface area contributed by atoms with E-state index in [1.54, 1.807) is 24.3 Å². The van der Waals surface area contributed by atoms with Crippen LogP contribution in [0.3, 0.4) is 0 Å². The van der Waals surface area contributed by atoms with Crippen molar-refractivity contribution < 1.29 is 17.6 Å². The predicted octanol–water partition coefficient (Wildman–Crippen LogP) is 4.53. The Morgan fingerprint density at radius 2 is 1.83 bits per heavy atom. The first-order chi connectivity index (χ1) is 13.9. The third kappa shape index (κ3) is 3.92. The molecule has 1 N–H and O–H groups in total. The van der Waals surface area contributed by atoms with E-state index in [-0.39, 0.29) is 17.1 Å². The van der Waals surface area contributed by atoms with Crippen LogP contribution in [0.15, 0.2) is 70.0 Å². The molecule has 0 saturated carbocycles. The summed E-state index contributed by atoms with van der Waals surface area (Å²) in [6, 6.07) is 15.8. The van der Waals surface area contributed by atoms with Crippen molar-refractivity contribution in [3.8, 4) is 0 Å². The molecule has 8 heteroatoms. The molecule has 150 valence electrons. The van der Waals surface area contributed by atoms with Gasteiger partial charge in [0, 0.05) is 11.0 Å². The first kappa shape index (κ1) is 20.0. The number of carbonyl (C=O) groups is 1. The number of rotatable bonds is 4. The lowest BCUT2D eigenvalue weighted by Gasteiger charge is -2.23. The Morgan fingerprint density at radius 3 is 2.59 bits per heavy atom. The summed E-state index contributed by atoms with van der Waals surface area (Å²) in [5.41, 5.74) is 0.0214. The van der Waals surface area contributed by atoms with Crippen LogP contribution in [0.2, 0.25) is 0 Å². The van der Waals surface area contributed by atoms with Gasteiger partial charge in [0.2, 0.25) is 15.9 Å². The minimum Gasteiger partial charge on any atom is -0.322 e. The first-order valence-corrected chi connectivity index (χ1v) is 11.4. The van der Waals surface area contributed by atoms with E-state index in [1.807, 2.05) is 24.3 Å². The molecule has 1 atom stereocenters. The van der Waals surface area contributed by atoms with Crippen molar-refractivity contribution >= 4 is 48.3 Å². The van der Waals surface area contributed by atoms with Gasteiger partial charge >= 0.3 is 0 Å². The fraction of sp³-hybridized carbons (Fsp3) is 0.190. The molecular formula is C21H18BrFN2O3S. The lowest BCUT2D eigenvalue weighted by atomic mass is 10.1. The van der Waals surface area contributed by atoms with E-state index < -0.39 is 27.8 Å². The highest BCUT2D eigenvalue weighted by molar-refractivity contribution is 9.10. The number of sulfonamides is 1. The van der Waals surface area contributed by atoms with Crippen LogP contribution >= 0.6 is 15.9 Å². The van der Waals surface area contributed by atoms with E-state index in [0.717, 1.165) is 10.8 Å². The number of halogens is 2. The van der Waals surface area contributed by atoms with Gasteiger partial charge in [-0.15, -0.1) is 0 Å². The Balaban J connectivity index is 1.61. The Labute approximate surface area is 176 Å². The van der Waals surface area contributed by atoms with Crippen molar-refractivity contribution in [3.05, 3.63) is 71.0 Å². The molecule has 5 nitrogen and oxygen atoms in total. The molecule has 0 aromatic heterocycles. The van der Waals surface area contributed by atoms with E-state index in [4.69, 9.17) is 0 Å². The topological polar surface area (TPSA) is 66.5 Å². The molecule has 1 aliphatic heterocycles. The molecule has 3 aromatic carbocycles. The molecule has 0 bridgehead atoms. The molecule has 1 amide bonds. The lowest BCUT2D eigenvalue weighted by molar-refractivity contribution is -0.119. The highest BCUT2D eigenvalue weighted by Gasteiger charge is 2.39. The average Bonchev–Trinajstić information content (AvgIpc) is 3.20. The number of hydrogen-bond acceptors (Lipinski definition) is 3. The number of amides is 1. The number of hydrogen-bond donors (Lipinski definition) is 1. The fourth-order valence-electron chi connectivity index (χ4n) is 3.56. The van der Waals surface area contributed by atoms with Crippen LogP contribution in [-0.2, 0) is 14.8 Å². The van der Waals surface area contributed by atoms with Crippen LogP contribution < -0.4 is 5.32 Å². The van der Waals surface area contributed by atoms with Gasteiger partial charge in [0.15, 0.2) is 0 Å². The second-order valence-corrected chi connectivity index (χ2v) is 9.70. The van der Waals surface area contributed by atoms with Gasteiger partial charge in [-0.05, 0) is 53.9 Å². The van der Waals surface area contributed by atoms with E-state index in [2.05, 4.69) is 21.2 Å². The van der Waals surface area contributed by atoms with E-state index in [0.29, 0.717) is 17.3 Å². The molecule has 4 rings (SSSR count). The van der Waals surface area contributed by atoms with Crippen molar-refractivity contribution in [1.82, 2.24) is 4.31 Å². The average molecular weight is 477 g/mol. The van der Waals surface area contributed by atoms with Gasteiger partial charge in [-0.1, -0.05) is 46.3 Å². The van der Waals surface area contributed by atoms with E-state index in [1.165, 1.54) is 16.4 Å². The summed E-state index contributed by atoms with van der Waals surface area (Å²) in [6.45, 7) is 0.246. The summed E-state index contributed by atoms with van der Waals surface area (Å²) >= 11 is 3.17. The van der Waals surface area contributed by atoms with Gasteiger partial charge in [-0.2, -0.15) is 4.31 Å². The number of anilines is 1. The molecule has 1 aliphatic rings. The zero-order valence-electron chi connectivity index (χ0n) is 15.3. The number of carbonyl (C=O) groups excluding carboxylic acids is 1. The maximum Gasteiger partial charge on any atom is 0.243 e. The van der Waals surface area contributed by atoms with E-state index in [9.17, 15) is 17.6 Å². The minimum absolute atomic E-state index is 0.0214. The highest BCUT2D eigenvalue weighted by atomic mass is 79.9. The second-order valence-electron chi connectivity index (χ2n) is 6.90. The number of benzene rings is 3. The maximum atomic E-state index is 14.1. The van der Waals surface area contributed by atoms with Gasteiger partial charge in [-0.25, -0.2) is 12.8 Å². The summed E-state index contributed by atoms with van der Waals surface area (Å²) in [5, 5.41) is 4.27. The third-order valence-electron chi connectivity index (χ3n) is 5.02. The van der Waals surface area contributed by atoms with Gasteiger partial charge in [-0.3, -0.25) is 4.79 Å². The molecule has 29 heavy (non-hydrogen) atoms. The molecule has 1 heterocycles. The van der Waals surface area contributed by atoms with Crippen LogP contribution in [0.4, 0.5) is 10.1 Å². The fourth-order valence-corrected chi connectivity index (χ4v) is 5.59. The molecule has 0 spiro atoms. The molecule has 0 radical (unpaired) electrons. The van der Waals surface area contributed by atoms with Gasteiger partial charge < -0.3 is 5.32 Å². The normalized spacial score (nSPS) is 17.5. The van der Waals surface area contributed by atoms with Crippen LogP contribution in [0.1, 0.15) is 12.8 Å². The van der Waals surface area contributed by atoms with Gasteiger partial charge in [0.05, 0.1) is 10.6 Å². The maximum absolute atomic E-state index is 14.1. The van der Waals surface area contributed by atoms with Crippen molar-refractivity contribution in [1.29, 1.82) is 0 Å². The Morgan fingerprint density at radius 1 is 1.07 bits per heavy atom. The quantitative estimate of drug-likeness (QED) is 0.601. The SMILES string of the molecule is O=C(Nc1ccc(Br)cc1F)C1CCCN1S(=O)(=O)c1ccc2ccccc2c1. The number of fused-ring (bicyclic) bond motifs is 1. The summed E-state index contributed by atoms with van der Waals surface area (Å²) in [4.78, 5) is 12.9. The Hall–Kier alpha value is -2.29. The monoisotopic (exact) mass is 476 g/mol. The Bertz CT molecular complexity index is 1200. The molecule has 1 fully saturated rings. The summed E-state index contributed by atoms with van der Waals surface area (Å²) in [7, 11) is -3.86.